The Morgan fingerprint density at radius 3 is 2.57 bits per heavy atom. The topological polar surface area (TPSA) is 75.9 Å². The van der Waals surface area contributed by atoms with Gasteiger partial charge in [-0.1, -0.05) is 36.4 Å². The Balaban J connectivity index is 1.94. The van der Waals surface area contributed by atoms with Gasteiger partial charge in [0.15, 0.2) is 0 Å². The molecule has 1 heterocycles. The molecule has 0 spiro atoms. The van der Waals surface area contributed by atoms with Gasteiger partial charge in [-0.15, -0.1) is 0 Å². The molecule has 0 atom stereocenters. The predicted molar refractivity (Wildman–Crippen MR) is 85.9 cm³/mol. The Labute approximate surface area is 123 Å². The van der Waals surface area contributed by atoms with Gasteiger partial charge in [0, 0.05) is 11.9 Å². The first-order chi connectivity index (χ1) is 10.3. The van der Waals surface area contributed by atoms with E-state index in [2.05, 4.69) is 39.8 Å². The van der Waals surface area contributed by atoms with E-state index in [4.69, 9.17) is 5.84 Å². The van der Waals surface area contributed by atoms with Crippen LogP contribution in [0.15, 0.2) is 48.5 Å². The van der Waals surface area contributed by atoms with E-state index in [1.165, 1.54) is 11.1 Å². The second-order valence-electron chi connectivity index (χ2n) is 4.84. The number of benzene rings is 2. The fraction of sp³-hybridized carbons (Fsp3) is 0.125. The largest absolute Gasteiger partial charge is 0.365 e. The lowest BCUT2D eigenvalue weighted by atomic mass is 10.1. The zero-order valence-corrected chi connectivity index (χ0v) is 11.8. The third-order valence-electron chi connectivity index (χ3n) is 3.44. The van der Waals surface area contributed by atoms with E-state index >= 15 is 0 Å². The van der Waals surface area contributed by atoms with Gasteiger partial charge < -0.3 is 5.32 Å². The number of fused-ring (bicyclic) bond motifs is 1. The van der Waals surface area contributed by atoms with Crippen LogP contribution in [-0.4, -0.2) is 9.97 Å². The fourth-order valence-corrected chi connectivity index (χ4v) is 2.26. The minimum Gasteiger partial charge on any atom is -0.365 e. The number of nitrogens with one attached hydrogen (secondary N) is 2. The summed E-state index contributed by atoms with van der Waals surface area (Å²) in [5.74, 6) is 6.62. The Bertz CT molecular complexity index is 769. The number of anilines is 2. The molecule has 0 saturated heterocycles. The molecule has 5 heteroatoms. The summed E-state index contributed by atoms with van der Waals surface area (Å²) in [4.78, 5) is 8.75. The summed E-state index contributed by atoms with van der Waals surface area (Å²) in [6.45, 7) is 2.81. The first-order valence-corrected chi connectivity index (χ1v) is 6.79. The van der Waals surface area contributed by atoms with Crippen molar-refractivity contribution >= 4 is 22.7 Å². The van der Waals surface area contributed by atoms with Gasteiger partial charge in [-0.3, -0.25) is 5.43 Å². The SMILES string of the molecule is Cc1ccccc1CNc1nc(NN)nc2ccccc12. The second kappa shape index (κ2) is 5.76. The molecule has 0 fully saturated rings. The van der Waals surface area contributed by atoms with Crippen LogP contribution in [0.5, 0.6) is 0 Å². The molecular weight excluding hydrogens is 262 g/mol. The molecular formula is C16H17N5. The lowest BCUT2D eigenvalue weighted by Crippen LogP contribution is -2.12. The van der Waals surface area contributed by atoms with E-state index in [-0.39, 0.29) is 0 Å². The number of rotatable bonds is 4. The average Bonchev–Trinajstić information content (AvgIpc) is 2.53. The van der Waals surface area contributed by atoms with Crippen LogP contribution in [0.25, 0.3) is 10.9 Å². The summed E-state index contributed by atoms with van der Waals surface area (Å²) >= 11 is 0. The summed E-state index contributed by atoms with van der Waals surface area (Å²) in [5.41, 5.74) is 5.85. The molecule has 1 aromatic heterocycles. The van der Waals surface area contributed by atoms with Gasteiger partial charge in [-0.2, -0.15) is 4.98 Å². The number of aryl methyl sites for hydroxylation is 1. The number of nitrogens with zero attached hydrogens (tertiary/aromatic N) is 2. The summed E-state index contributed by atoms with van der Waals surface area (Å²) in [6.07, 6.45) is 0. The van der Waals surface area contributed by atoms with Crippen LogP contribution in [0.4, 0.5) is 11.8 Å². The van der Waals surface area contributed by atoms with Gasteiger partial charge in [0.1, 0.15) is 5.82 Å². The van der Waals surface area contributed by atoms with E-state index in [9.17, 15) is 0 Å². The lowest BCUT2D eigenvalue weighted by molar-refractivity contribution is 1.07. The predicted octanol–water partition coefficient (Wildman–Crippen LogP) is 2.84. The number of nitrogens with two attached hydrogens (primary N) is 1. The van der Waals surface area contributed by atoms with Gasteiger partial charge >= 0.3 is 0 Å². The van der Waals surface area contributed by atoms with Crippen molar-refractivity contribution in [1.29, 1.82) is 0 Å². The number of aromatic nitrogens is 2. The van der Waals surface area contributed by atoms with Gasteiger partial charge in [-0.25, -0.2) is 10.8 Å². The van der Waals surface area contributed by atoms with Crippen molar-refractivity contribution in [3.63, 3.8) is 0 Å². The van der Waals surface area contributed by atoms with Gasteiger partial charge in [-0.05, 0) is 30.2 Å². The number of para-hydroxylation sites is 1. The first kappa shape index (κ1) is 13.3. The van der Waals surface area contributed by atoms with Gasteiger partial charge in [0.05, 0.1) is 5.52 Å². The Kier molecular flexibility index (Phi) is 3.66. The quantitative estimate of drug-likeness (QED) is 0.506. The number of nitrogen functional groups attached to an aromatic ring is 1. The van der Waals surface area contributed by atoms with Crippen LogP contribution in [0.3, 0.4) is 0 Å². The highest BCUT2D eigenvalue weighted by atomic mass is 15.3. The minimum absolute atomic E-state index is 0.404. The molecule has 3 rings (SSSR count). The molecule has 0 aliphatic rings. The molecule has 0 amide bonds. The number of hydrazine groups is 1. The maximum Gasteiger partial charge on any atom is 0.239 e. The molecule has 0 aliphatic carbocycles. The molecule has 21 heavy (non-hydrogen) atoms. The zero-order valence-electron chi connectivity index (χ0n) is 11.8. The maximum atomic E-state index is 5.44. The molecule has 5 nitrogen and oxygen atoms in total. The molecule has 0 bridgehead atoms. The molecule has 3 aromatic rings. The van der Waals surface area contributed by atoms with Crippen molar-refractivity contribution in [2.75, 3.05) is 10.7 Å². The fourth-order valence-electron chi connectivity index (χ4n) is 2.26. The van der Waals surface area contributed by atoms with E-state index in [0.29, 0.717) is 12.5 Å². The molecule has 0 aliphatic heterocycles. The van der Waals surface area contributed by atoms with Crippen molar-refractivity contribution in [3.8, 4) is 0 Å². The molecule has 0 radical (unpaired) electrons. The Hall–Kier alpha value is -2.66. The van der Waals surface area contributed by atoms with E-state index in [1.807, 2.05) is 36.4 Å². The third kappa shape index (κ3) is 2.78. The average molecular weight is 279 g/mol. The summed E-state index contributed by atoms with van der Waals surface area (Å²) in [6, 6.07) is 16.1. The standard InChI is InChI=1S/C16H17N5/c1-11-6-2-3-7-12(11)10-18-15-13-8-4-5-9-14(13)19-16(20-15)21-17/h2-9H,10,17H2,1H3,(H2,18,19,20,21). The monoisotopic (exact) mass is 279 g/mol. The smallest absolute Gasteiger partial charge is 0.239 e. The van der Waals surface area contributed by atoms with Crippen molar-refractivity contribution < 1.29 is 0 Å². The second-order valence-corrected chi connectivity index (χ2v) is 4.84. The highest BCUT2D eigenvalue weighted by molar-refractivity contribution is 5.89. The van der Waals surface area contributed by atoms with Crippen LogP contribution in [-0.2, 0) is 6.54 Å². The maximum absolute atomic E-state index is 5.44. The number of hydrogen-bond donors (Lipinski definition) is 3. The van der Waals surface area contributed by atoms with Gasteiger partial charge in [0.25, 0.3) is 0 Å². The minimum atomic E-state index is 0.404. The highest BCUT2D eigenvalue weighted by Gasteiger charge is 2.07. The van der Waals surface area contributed by atoms with Crippen LogP contribution >= 0.6 is 0 Å². The molecule has 0 unspecified atom stereocenters. The molecule has 106 valence electrons. The van der Waals surface area contributed by atoms with Crippen molar-refractivity contribution in [3.05, 3.63) is 59.7 Å². The van der Waals surface area contributed by atoms with E-state index < -0.39 is 0 Å². The third-order valence-corrected chi connectivity index (χ3v) is 3.44. The summed E-state index contributed by atoms with van der Waals surface area (Å²) < 4.78 is 0. The van der Waals surface area contributed by atoms with E-state index in [1.54, 1.807) is 0 Å². The Morgan fingerprint density at radius 1 is 1.00 bits per heavy atom. The summed E-state index contributed by atoms with van der Waals surface area (Å²) in [7, 11) is 0. The summed E-state index contributed by atoms with van der Waals surface area (Å²) in [5, 5.41) is 4.35. The first-order valence-electron chi connectivity index (χ1n) is 6.79. The van der Waals surface area contributed by atoms with Crippen molar-refractivity contribution in [2.24, 2.45) is 5.84 Å². The molecule has 2 aromatic carbocycles. The van der Waals surface area contributed by atoms with Crippen molar-refractivity contribution in [2.45, 2.75) is 13.5 Å². The van der Waals surface area contributed by atoms with Crippen molar-refractivity contribution in [1.82, 2.24) is 9.97 Å². The van der Waals surface area contributed by atoms with Crippen LogP contribution in [0.2, 0.25) is 0 Å². The lowest BCUT2D eigenvalue weighted by Gasteiger charge is -2.11. The zero-order chi connectivity index (χ0) is 14.7. The normalized spacial score (nSPS) is 10.6. The van der Waals surface area contributed by atoms with Crippen LogP contribution < -0.4 is 16.6 Å². The van der Waals surface area contributed by atoms with Crippen LogP contribution in [0, 0.1) is 6.92 Å². The van der Waals surface area contributed by atoms with E-state index in [0.717, 1.165) is 16.7 Å². The van der Waals surface area contributed by atoms with Crippen LogP contribution in [0.1, 0.15) is 11.1 Å². The van der Waals surface area contributed by atoms with Gasteiger partial charge in [0.2, 0.25) is 5.95 Å². The molecule has 0 saturated carbocycles. The molecule has 4 N–H and O–H groups in total. The Morgan fingerprint density at radius 2 is 1.76 bits per heavy atom. The number of hydrogen-bond acceptors (Lipinski definition) is 5. The highest BCUT2D eigenvalue weighted by Crippen LogP contribution is 2.22.